The van der Waals surface area contributed by atoms with E-state index < -0.39 is 0 Å². The quantitative estimate of drug-likeness (QED) is 0.679. The fourth-order valence-electron chi connectivity index (χ4n) is 5.00. The molecule has 1 spiro atoms. The van der Waals surface area contributed by atoms with E-state index in [9.17, 15) is 9.59 Å². The number of carbonyl (C=O) groups is 2. The standard InChI is InChI=1S/C24H23N3O4/c28-22(26-17-2-4-20-21(12-17)31-14-30-20)18-13-24(18)6-9-27(10-7-24)23(29)16-1-3-19-15(11-16)5-8-25-19/h1-5,8,11-12,18,25H,6-7,9-10,13-14H2,(H,26,28)/t18-/m0/s1. The Hall–Kier alpha value is -3.48. The first-order valence-electron chi connectivity index (χ1n) is 10.7. The van der Waals surface area contributed by atoms with Gasteiger partial charge in [-0.1, -0.05) is 0 Å². The van der Waals surface area contributed by atoms with Crippen molar-refractivity contribution >= 4 is 28.4 Å². The Morgan fingerprint density at radius 3 is 2.74 bits per heavy atom. The van der Waals surface area contributed by atoms with Crippen molar-refractivity contribution in [3.05, 3.63) is 54.2 Å². The molecule has 1 saturated heterocycles. The Morgan fingerprint density at radius 1 is 1.03 bits per heavy atom. The van der Waals surface area contributed by atoms with Gasteiger partial charge in [0.1, 0.15) is 0 Å². The number of fused-ring (bicyclic) bond motifs is 2. The maximum Gasteiger partial charge on any atom is 0.253 e. The summed E-state index contributed by atoms with van der Waals surface area (Å²) >= 11 is 0. The van der Waals surface area contributed by atoms with E-state index in [4.69, 9.17) is 9.47 Å². The molecule has 6 rings (SSSR count). The van der Waals surface area contributed by atoms with E-state index in [0.717, 1.165) is 41.4 Å². The molecule has 158 valence electrons. The normalized spacial score (nSPS) is 20.8. The van der Waals surface area contributed by atoms with Gasteiger partial charge in [0.2, 0.25) is 12.7 Å². The van der Waals surface area contributed by atoms with Crippen molar-refractivity contribution in [2.75, 3.05) is 25.2 Å². The number of piperidine rings is 1. The van der Waals surface area contributed by atoms with Crippen molar-refractivity contribution in [2.24, 2.45) is 11.3 Å². The number of nitrogens with zero attached hydrogens (tertiary/aromatic N) is 1. The van der Waals surface area contributed by atoms with Crippen LogP contribution in [0.1, 0.15) is 29.6 Å². The molecule has 2 aromatic carbocycles. The van der Waals surface area contributed by atoms with E-state index >= 15 is 0 Å². The number of hydrogen-bond donors (Lipinski definition) is 2. The minimum Gasteiger partial charge on any atom is -0.454 e. The highest BCUT2D eigenvalue weighted by molar-refractivity contribution is 5.98. The topological polar surface area (TPSA) is 83.7 Å². The number of H-pyrrole nitrogens is 1. The molecule has 2 aliphatic heterocycles. The van der Waals surface area contributed by atoms with E-state index in [0.29, 0.717) is 24.6 Å². The summed E-state index contributed by atoms with van der Waals surface area (Å²) in [5.41, 5.74) is 2.50. The minimum atomic E-state index is 0.00591. The van der Waals surface area contributed by atoms with Crippen LogP contribution in [0.25, 0.3) is 10.9 Å². The van der Waals surface area contributed by atoms with E-state index in [-0.39, 0.29) is 29.9 Å². The second kappa shape index (κ2) is 6.77. The molecule has 7 nitrogen and oxygen atoms in total. The third-order valence-corrected chi connectivity index (χ3v) is 6.99. The molecule has 3 heterocycles. The average molecular weight is 417 g/mol. The molecule has 2 N–H and O–H groups in total. The van der Waals surface area contributed by atoms with Crippen LogP contribution in [0.2, 0.25) is 0 Å². The van der Waals surface area contributed by atoms with Gasteiger partial charge in [-0.2, -0.15) is 0 Å². The molecule has 0 radical (unpaired) electrons. The predicted molar refractivity (Wildman–Crippen MR) is 115 cm³/mol. The van der Waals surface area contributed by atoms with Gasteiger partial charge in [0, 0.05) is 53.4 Å². The van der Waals surface area contributed by atoms with Crippen molar-refractivity contribution in [3.8, 4) is 11.5 Å². The van der Waals surface area contributed by atoms with Gasteiger partial charge < -0.3 is 24.7 Å². The third kappa shape index (κ3) is 3.12. The van der Waals surface area contributed by atoms with Crippen molar-refractivity contribution < 1.29 is 19.1 Å². The molecule has 3 aromatic rings. The number of rotatable bonds is 3. The first-order valence-corrected chi connectivity index (χ1v) is 10.7. The number of ether oxygens (including phenoxy) is 2. The summed E-state index contributed by atoms with van der Waals surface area (Å²) in [6, 6.07) is 13.2. The predicted octanol–water partition coefficient (Wildman–Crippen LogP) is 3.78. The lowest BCUT2D eigenvalue weighted by molar-refractivity contribution is -0.118. The van der Waals surface area contributed by atoms with Crippen LogP contribution in [0.15, 0.2) is 48.7 Å². The lowest BCUT2D eigenvalue weighted by Gasteiger charge is -2.33. The van der Waals surface area contributed by atoms with Crippen LogP contribution >= 0.6 is 0 Å². The molecule has 1 atom stereocenters. The van der Waals surface area contributed by atoms with E-state index in [2.05, 4.69) is 10.3 Å². The van der Waals surface area contributed by atoms with Crippen LogP contribution < -0.4 is 14.8 Å². The van der Waals surface area contributed by atoms with E-state index in [1.165, 1.54) is 0 Å². The van der Waals surface area contributed by atoms with Gasteiger partial charge in [-0.15, -0.1) is 0 Å². The monoisotopic (exact) mass is 417 g/mol. The summed E-state index contributed by atoms with van der Waals surface area (Å²) < 4.78 is 10.7. The Bertz CT molecular complexity index is 1190. The Morgan fingerprint density at radius 2 is 1.87 bits per heavy atom. The lowest BCUT2D eigenvalue weighted by atomic mass is 9.90. The largest absolute Gasteiger partial charge is 0.454 e. The second-order valence-electron chi connectivity index (χ2n) is 8.75. The minimum absolute atomic E-state index is 0.00591. The molecular formula is C24H23N3O4. The first kappa shape index (κ1) is 18.3. The highest BCUT2D eigenvalue weighted by atomic mass is 16.7. The molecule has 2 fully saturated rings. The van der Waals surface area contributed by atoms with E-state index in [1.54, 1.807) is 6.07 Å². The summed E-state index contributed by atoms with van der Waals surface area (Å²) in [5.74, 6) is 1.49. The molecule has 7 heteroatoms. The molecule has 2 amide bonds. The number of anilines is 1. The SMILES string of the molecule is O=C(Nc1ccc2c(c1)OCO2)[C@@H]1CC12CCN(C(=O)c1ccc3[nH]ccc3c1)CC2. The second-order valence-corrected chi connectivity index (χ2v) is 8.75. The molecule has 1 aromatic heterocycles. The number of carbonyl (C=O) groups excluding carboxylic acids is 2. The zero-order valence-corrected chi connectivity index (χ0v) is 17.0. The van der Waals surface area contributed by atoms with Crippen molar-refractivity contribution in [1.29, 1.82) is 0 Å². The van der Waals surface area contributed by atoms with Crippen molar-refractivity contribution in [3.63, 3.8) is 0 Å². The molecule has 3 aliphatic rings. The summed E-state index contributed by atoms with van der Waals surface area (Å²) in [6.07, 6.45) is 4.50. The summed E-state index contributed by atoms with van der Waals surface area (Å²) in [7, 11) is 0. The van der Waals surface area contributed by atoms with Gasteiger partial charge in [-0.05, 0) is 61.1 Å². The lowest BCUT2D eigenvalue weighted by Crippen LogP contribution is -2.40. The maximum atomic E-state index is 13.0. The zero-order chi connectivity index (χ0) is 21.0. The Balaban J connectivity index is 1.08. The van der Waals surface area contributed by atoms with Crippen LogP contribution in [0.5, 0.6) is 11.5 Å². The molecule has 0 unspecified atom stereocenters. The van der Waals surface area contributed by atoms with Crippen LogP contribution in [-0.4, -0.2) is 41.6 Å². The summed E-state index contributed by atoms with van der Waals surface area (Å²) in [6.45, 7) is 1.60. The highest BCUT2D eigenvalue weighted by Gasteiger charge is 2.58. The van der Waals surface area contributed by atoms with Crippen LogP contribution in [0.4, 0.5) is 5.69 Å². The fourth-order valence-corrected chi connectivity index (χ4v) is 5.00. The fraction of sp³-hybridized carbons (Fsp3) is 0.333. The van der Waals surface area contributed by atoms with Crippen LogP contribution in [0, 0.1) is 11.3 Å². The maximum absolute atomic E-state index is 13.0. The van der Waals surface area contributed by atoms with Crippen LogP contribution in [-0.2, 0) is 4.79 Å². The van der Waals surface area contributed by atoms with Gasteiger partial charge in [-0.3, -0.25) is 9.59 Å². The third-order valence-electron chi connectivity index (χ3n) is 6.99. The Kier molecular flexibility index (Phi) is 4.00. The zero-order valence-electron chi connectivity index (χ0n) is 17.0. The highest BCUT2D eigenvalue weighted by Crippen LogP contribution is 2.59. The number of aromatic amines is 1. The summed E-state index contributed by atoms with van der Waals surface area (Å²) in [5, 5.41) is 4.06. The summed E-state index contributed by atoms with van der Waals surface area (Å²) in [4.78, 5) is 30.9. The number of amides is 2. The first-order chi connectivity index (χ1) is 15.1. The number of likely N-dealkylation sites (tertiary alicyclic amines) is 1. The molecule has 1 saturated carbocycles. The van der Waals surface area contributed by atoms with Gasteiger partial charge in [0.05, 0.1) is 0 Å². The number of hydrogen-bond acceptors (Lipinski definition) is 4. The number of aromatic nitrogens is 1. The molecule has 31 heavy (non-hydrogen) atoms. The smallest absolute Gasteiger partial charge is 0.253 e. The average Bonchev–Trinajstić information content (AvgIpc) is 3.13. The van der Waals surface area contributed by atoms with E-state index in [1.807, 2.05) is 47.5 Å². The van der Waals surface area contributed by atoms with Crippen molar-refractivity contribution in [1.82, 2.24) is 9.88 Å². The number of benzene rings is 2. The number of nitrogens with one attached hydrogen (secondary N) is 2. The van der Waals surface area contributed by atoms with Gasteiger partial charge in [0.15, 0.2) is 11.5 Å². The molecule has 1 aliphatic carbocycles. The van der Waals surface area contributed by atoms with Gasteiger partial charge in [0.25, 0.3) is 5.91 Å². The van der Waals surface area contributed by atoms with Gasteiger partial charge >= 0.3 is 0 Å². The Labute approximate surface area is 179 Å². The van der Waals surface area contributed by atoms with Crippen LogP contribution in [0.3, 0.4) is 0 Å². The molecule has 0 bridgehead atoms. The van der Waals surface area contributed by atoms with Gasteiger partial charge in [-0.25, -0.2) is 0 Å². The van der Waals surface area contributed by atoms with Crippen molar-refractivity contribution in [2.45, 2.75) is 19.3 Å². The molecular weight excluding hydrogens is 394 g/mol.